The Labute approximate surface area is 161 Å². The maximum absolute atomic E-state index is 12.7. The van der Waals surface area contributed by atoms with E-state index in [2.05, 4.69) is 10.6 Å². The zero-order valence-corrected chi connectivity index (χ0v) is 15.1. The van der Waals surface area contributed by atoms with Crippen molar-refractivity contribution in [1.29, 1.82) is 0 Å². The smallest absolute Gasteiger partial charge is 0.308 e. The predicted octanol–water partition coefficient (Wildman–Crippen LogP) is 4.44. The third kappa shape index (κ3) is 3.12. The normalized spacial score (nSPS) is 12.7. The first-order valence-electron chi connectivity index (χ1n) is 8.76. The Morgan fingerprint density at radius 3 is 2.04 bits per heavy atom. The number of hydrogen-bond acceptors (Lipinski definition) is 3. The predicted molar refractivity (Wildman–Crippen MR) is 108 cm³/mol. The molecule has 6 heteroatoms. The molecular weight excluding hydrogens is 354 g/mol. The van der Waals surface area contributed by atoms with Crippen LogP contribution >= 0.6 is 0 Å². The SMILES string of the molecule is Cc1ccc(N2C(=O)c3ccccc3C2=O)cc1NC(=O)Nc1ccccc1. The number of nitrogens with zero attached hydrogens (tertiary/aromatic N) is 1. The fraction of sp³-hybridized carbons (Fsp3) is 0.0455. The van der Waals surface area contributed by atoms with Crippen molar-refractivity contribution in [3.05, 3.63) is 89.5 Å². The minimum Gasteiger partial charge on any atom is -0.308 e. The Bertz CT molecular complexity index is 1060. The topological polar surface area (TPSA) is 78.5 Å². The number of hydrogen-bond donors (Lipinski definition) is 2. The Hall–Kier alpha value is -3.93. The molecule has 2 N–H and O–H groups in total. The number of benzene rings is 3. The second kappa shape index (κ2) is 7.00. The fourth-order valence-electron chi connectivity index (χ4n) is 3.11. The number of imide groups is 1. The third-order valence-electron chi connectivity index (χ3n) is 4.55. The van der Waals surface area contributed by atoms with Crippen molar-refractivity contribution in [2.75, 3.05) is 15.5 Å². The summed E-state index contributed by atoms with van der Waals surface area (Å²) in [4.78, 5) is 38.8. The summed E-state index contributed by atoms with van der Waals surface area (Å²) in [5.41, 5.74) is 3.15. The minimum absolute atomic E-state index is 0.371. The molecule has 0 fully saturated rings. The monoisotopic (exact) mass is 371 g/mol. The number of amides is 4. The first kappa shape index (κ1) is 17.5. The molecule has 0 radical (unpaired) electrons. The highest BCUT2D eigenvalue weighted by Gasteiger charge is 2.36. The molecule has 0 saturated carbocycles. The highest BCUT2D eigenvalue weighted by Crippen LogP contribution is 2.31. The largest absolute Gasteiger partial charge is 0.323 e. The number of carbonyl (C=O) groups excluding carboxylic acids is 3. The van der Waals surface area contributed by atoms with Crippen LogP contribution in [0.15, 0.2) is 72.8 Å². The molecule has 138 valence electrons. The van der Waals surface area contributed by atoms with Gasteiger partial charge in [0.1, 0.15) is 0 Å². The lowest BCUT2D eigenvalue weighted by Crippen LogP contribution is -2.29. The van der Waals surface area contributed by atoms with Crippen molar-refractivity contribution in [1.82, 2.24) is 0 Å². The molecule has 3 aromatic carbocycles. The highest BCUT2D eigenvalue weighted by atomic mass is 16.2. The first-order valence-corrected chi connectivity index (χ1v) is 8.76. The van der Waals surface area contributed by atoms with Crippen molar-refractivity contribution in [3.63, 3.8) is 0 Å². The van der Waals surface area contributed by atoms with E-state index >= 15 is 0 Å². The molecule has 0 unspecified atom stereocenters. The van der Waals surface area contributed by atoms with Gasteiger partial charge in [-0.2, -0.15) is 0 Å². The third-order valence-corrected chi connectivity index (χ3v) is 4.55. The molecule has 0 aliphatic carbocycles. The van der Waals surface area contributed by atoms with Crippen LogP contribution in [0.3, 0.4) is 0 Å². The summed E-state index contributed by atoms with van der Waals surface area (Å²) < 4.78 is 0. The van der Waals surface area contributed by atoms with E-state index < -0.39 is 6.03 Å². The zero-order valence-electron chi connectivity index (χ0n) is 15.1. The van der Waals surface area contributed by atoms with Crippen LogP contribution in [0.25, 0.3) is 0 Å². The van der Waals surface area contributed by atoms with E-state index in [-0.39, 0.29) is 11.8 Å². The Balaban J connectivity index is 1.59. The van der Waals surface area contributed by atoms with Crippen LogP contribution in [0.5, 0.6) is 0 Å². The molecule has 0 bridgehead atoms. The van der Waals surface area contributed by atoms with Gasteiger partial charge in [-0.1, -0.05) is 36.4 Å². The second-order valence-electron chi connectivity index (χ2n) is 6.44. The van der Waals surface area contributed by atoms with Gasteiger partial charge < -0.3 is 10.6 Å². The lowest BCUT2D eigenvalue weighted by Gasteiger charge is -2.17. The van der Waals surface area contributed by atoms with Crippen molar-refractivity contribution in [3.8, 4) is 0 Å². The van der Waals surface area contributed by atoms with E-state index in [0.29, 0.717) is 28.2 Å². The van der Waals surface area contributed by atoms with Crippen LogP contribution in [0.2, 0.25) is 0 Å². The molecule has 0 spiro atoms. The number of rotatable bonds is 3. The van der Waals surface area contributed by atoms with Gasteiger partial charge in [-0.25, -0.2) is 9.69 Å². The van der Waals surface area contributed by atoms with Gasteiger partial charge >= 0.3 is 6.03 Å². The Morgan fingerprint density at radius 1 is 0.786 bits per heavy atom. The molecule has 0 atom stereocenters. The summed E-state index contributed by atoms with van der Waals surface area (Å²) in [7, 11) is 0. The molecule has 28 heavy (non-hydrogen) atoms. The summed E-state index contributed by atoms with van der Waals surface area (Å²) in [6.45, 7) is 1.84. The molecule has 4 amide bonds. The van der Waals surface area contributed by atoms with Gasteiger partial charge in [-0.3, -0.25) is 9.59 Å². The van der Waals surface area contributed by atoms with E-state index in [1.807, 2.05) is 25.1 Å². The summed E-state index contributed by atoms with van der Waals surface area (Å²) in [6, 6.07) is 20.5. The van der Waals surface area contributed by atoms with Crippen LogP contribution in [0.4, 0.5) is 21.9 Å². The van der Waals surface area contributed by atoms with Gasteiger partial charge in [0.25, 0.3) is 11.8 Å². The van der Waals surface area contributed by atoms with Crippen molar-refractivity contribution in [2.24, 2.45) is 0 Å². The second-order valence-corrected chi connectivity index (χ2v) is 6.44. The maximum atomic E-state index is 12.7. The van der Waals surface area contributed by atoms with Crippen LogP contribution in [-0.4, -0.2) is 17.8 Å². The van der Waals surface area contributed by atoms with Crippen LogP contribution in [0.1, 0.15) is 26.3 Å². The average molecular weight is 371 g/mol. The van der Waals surface area contributed by atoms with Gasteiger partial charge in [0.15, 0.2) is 0 Å². The van der Waals surface area contributed by atoms with Crippen LogP contribution in [0, 0.1) is 6.92 Å². The van der Waals surface area contributed by atoms with E-state index in [1.165, 1.54) is 0 Å². The highest BCUT2D eigenvalue weighted by molar-refractivity contribution is 6.34. The number of urea groups is 1. The number of nitrogens with one attached hydrogen (secondary N) is 2. The summed E-state index contributed by atoms with van der Waals surface area (Å²) in [5, 5.41) is 5.51. The fourth-order valence-corrected chi connectivity index (χ4v) is 3.11. The van der Waals surface area contributed by atoms with Gasteiger partial charge in [0, 0.05) is 11.4 Å². The lowest BCUT2D eigenvalue weighted by atomic mass is 10.1. The molecule has 0 saturated heterocycles. The number of carbonyl (C=O) groups is 3. The van der Waals surface area contributed by atoms with E-state index in [9.17, 15) is 14.4 Å². The Morgan fingerprint density at radius 2 is 1.39 bits per heavy atom. The number of anilines is 3. The van der Waals surface area contributed by atoms with Crippen LogP contribution in [-0.2, 0) is 0 Å². The molecule has 1 aliphatic rings. The van der Waals surface area contributed by atoms with Crippen molar-refractivity contribution >= 4 is 34.9 Å². The maximum Gasteiger partial charge on any atom is 0.323 e. The van der Waals surface area contributed by atoms with E-state index in [4.69, 9.17) is 0 Å². The zero-order chi connectivity index (χ0) is 19.7. The summed E-state index contributed by atoms with van der Waals surface area (Å²) >= 11 is 0. The van der Waals surface area contributed by atoms with Crippen molar-refractivity contribution in [2.45, 2.75) is 6.92 Å². The van der Waals surface area contributed by atoms with Gasteiger partial charge in [0.05, 0.1) is 16.8 Å². The molecule has 6 nitrogen and oxygen atoms in total. The van der Waals surface area contributed by atoms with Crippen molar-refractivity contribution < 1.29 is 14.4 Å². The molecule has 3 aromatic rings. The first-order chi connectivity index (χ1) is 13.5. The molecular formula is C22H17N3O3. The van der Waals surface area contributed by atoms with Crippen LogP contribution < -0.4 is 15.5 Å². The van der Waals surface area contributed by atoms with Gasteiger partial charge in [-0.05, 0) is 48.9 Å². The molecule has 1 heterocycles. The number of para-hydroxylation sites is 1. The number of aryl methyl sites for hydroxylation is 1. The average Bonchev–Trinajstić information content (AvgIpc) is 2.95. The molecule has 1 aliphatic heterocycles. The molecule has 0 aromatic heterocycles. The summed E-state index contributed by atoms with van der Waals surface area (Å²) in [6.07, 6.45) is 0. The number of fused-ring (bicyclic) bond motifs is 1. The van der Waals surface area contributed by atoms with Gasteiger partial charge in [-0.15, -0.1) is 0 Å². The van der Waals surface area contributed by atoms with Gasteiger partial charge in [0.2, 0.25) is 0 Å². The quantitative estimate of drug-likeness (QED) is 0.668. The standard InChI is InChI=1S/C22H17N3O3/c1-14-11-12-16(25-20(26)17-9-5-6-10-18(17)21(25)27)13-19(14)24-22(28)23-15-7-3-2-4-8-15/h2-13H,1H3,(H2,23,24,28). The lowest BCUT2D eigenvalue weighted by molar-refractivity contribution is 0.0926. The van der Waals surface area contributed by atoms with E-state index in [1.54, 1.807) is 54.6 Å². The minimum atomic E-state index is -0.409. The Kier molecular flexibility index (Phi) is 4.37. The van der Waals surface area contributed by atoms with E-state index in [0.717, 1.165) is 10.5 Å². The summed E-state index contributed by atoms with van der Waals surface area (Å²) in [5.74, 6) is -0.742. The molecule has 4 rings (SSSR count).